The van der Waals surface area contributed by atoms with Crippen molar-refractivity contribution in [3.05, 3.63) is 23.9 Å². The molecular weight excluding hydrogens is 268 g/mol. The Balaban J connectivity index is 1.69. The van der Waals surface area contributed by atoms with E-state index in [4.69, 9.17) is 5.73 Å². The summed E-state index contributed by atoms with van der Waals surface area (Å²) in [5.74, 6) is 0.605. The minimum absolute atomic E-state index is 0.0288. The van der Waals surface area contributed by atoms with Crippen molar-refractivity contribution in [2.75, 3.05) is 25.4 Å². The predicted molar refractivity (Wildman–Crippen MR) is 78.5 cm³/mol. The smallest absolute Gasteiger partial charge is 0.255 e. The van der Waals surface area contributed by atoms with Crippen LogP contribution in [0.2, 0.25) is 0 Å². The van der Waals surface area contributed by atoms with E-state index in [1.807, 2.05) is 9.80 Å². The quantitative estimate of drug-likeness (QED) is 0.876. The fraction of sp³-hybridized carbons (Fsp3) is 0.533. The predicted octanol–water partition coefficient (Wildman–Crippen LogP) is 0.891. The van der Waals surface area contributed by atoms with Gasteiger partial charge >= 0.3 is 0 Å². The van der Waals surface area contributed by atoms with Crippen molar-refractivity contribution in [3.63, 3.8) is 0 Å². The summed E-state index contributed by atoms with van der Waals surface area (Å²) in [6, 6.07) is 3.51. The Hall–Kier alpha value is -2.11. The molecule has 3 rings (SSSR count). The third-order valence-corrected chi connectivity index (χ3v) is 4.27. The van der Waals surface area contributed by atoms with Gasteiger partial charge in [0.25, 0.3) is 5.91 Å². The van der Waals surface area contributed by atoms with Crippen molar-refractivity contribution in [2.45, 2.75) is 31.7 Å². The van der Waals surface area contributed by atoms with Gasteiger partial charge in [0.2, 0.25) is 5.91 Å². The highest BCUT2D eigenvalue weighted by Crippen LogP contribution is 2.22. The second-order valence-electron chi connectivity index (χ2n) is 5.71. The number of carbonyl (C=O) groups excluding carboxylic acids is 2. The number of nitrogen functional groups attached to an aromatic ring is 1. The molecule has 0 aromatic carbocycles. The summed E-state index contributed by atoms with van der Waals surface area (Å²) >= 11 is 0. The fourth-order valence-electron chi connectivity index (χ4n) is 3.16. The molecule has 1 aromatic heterocycles. The number of nitrogens with zero attached hydrogens (tertiary/aromatic N) is 3. The average Bonchev–Trinajstić information content (AvgIpc) is 2.94. The molecule has 0 spiro atoms. The molecule has 2 amide bonds. The standard InChI is InChI=1S/C15H20N4O2/c16-13-6-5-11(9-17-13)15(21)18-7-1-3-12(10-18)19-8-2-4-14(19)20/h5-6,9,12H,1-4,7-8,10H2,(H2,16,17). The number of hydrogen-bond acceptors (Lipinski definition) is 4. The third-order valence-electron chi connectivity index (χ3n) is 4.27. The number of piperidine rings is 1. The van der Waals surface area contributed by atoms with E-state index in [0.717, 1.165) is 32.4 Å². The Bertz CT molecular complexity index is 543. The topological polar surface area (TPSA) is 79.5 Å². The maximum absolute atomic E-state index is 12.5. The van der Waals surface area contributed by atoms with Crippen LogP contribution in [0.25, 0.3) is 0 Å². The maximum Gasteiger partial charge on any atom is 0.255 e. The first-order chi connectivity index (χ1) is 10.1. The van der Waals surface area contributed by atoms with E-state index >= 15 is 0 Å². The van der Waals surface area contributed by atoms with E-state index in [2.05, 4.69) is 4.98 Å². The normalized spacial score (nSPS) is 22.7. The number of likely N-dealkylation sites (tertiary alicyclic amines) is 2. The van der Waals surface area contributed by atoms with Gasteiger partial charge in [-0.3, -0.25) is 9.59 Å². The molecule has 1 aromatic rings. The van der Waals surface area contributed by atoms with Gasteiger partial charge in [-0.15, -0.1) is 0 Å². The van der Waals surface area contributed by atoms with E-state index in [-0.39, 0.29) is 17.9 Å². The molecule has 2 aliphatic rings. The van der Waals surface area contributed by atoms with Crippen LogP contribution in [0.1, 0.15) is 36.0 Å². The number of aromatic nitrogens is 1. The van der Waals surface area contributed by atoms with Crippen LogP contribution in [0.15, 0.2) is 18.3 Å². The Labute approximate surface area is 123 Å². The van der Waals surface area contributed by atoms with Gasteiger partial charge in [-0.1, -0.05) is 0 Å². The van der Waals surface area contributed by atoms with Crippen molar-refractivity contribution >= 4 is 17.6 Å². The van der Waals surface area contributed by atoms with Gasteiger partial charge in [0, 0.05) is 38.3 Å². The largest absolute Gasteiger partial charge is 0.384 e. The summed E-state index contributed by atoms with van der Waals surface area (Å²) in [7, 11) is 0. The molecule has 2 saturated heterocycles. The molecule has 2 fully saturated rings. The van der Waals surface area contributed by atoms with Crippen LogP contribution >= 0.6 is 0 Å². The first-order valence-electron chi connectivity index (χ1n) is 7.45. The molecule has 112 valence electrons. The van der Waals surface area contributed by atoms with Crippen LogP contribution in [0.5, 0.6) is 0 Å². The lowest BCUT2D eigenvalue weighted by molar-refractivity contribution is -0.130. The molecule has 0 bridgehead atoms. The van der Waals surface area contributed by atoms with Crippen LogP contribution < -0.4 is 5.73 Å². The van der Waals surface area contributed by atoms with Crippen LogP contribution in [0.4, 0.5) is 5.82 Å². The van der Waals surface area contributed by atoms with Gasteiger partial charge in [0.1, 0.15) is 5.82 Å². The molecule has 2 aliphatic heterocycles. The third kappa shape index (κ3) is 2.84. The van der Waals surface area contributed by atoms with E-state index in [9.17, 15) is 9.59 Å². The number of carbonyl (C=O) groups is 2. The van der Waals surface area contributed by atoms with E-state index in [0.29, 0.717) is 24.3 Å². The van der Waals surface area contributed by atoms with Gasteiger partial charge in [0.15, 0.2) is 0 Å². The lowest BCUT2D eigenvalue weighted by atomic mass is 10.0. The molecule has 21 heavy (non-hydrogen) atoms. The van der Waals surface area contributed by atoms with Crippen LogP contribution in [-0.2, 0) is 4.79 Å². The van der Waals surface area contributed by atoms with E-state index in [1.165, 1.54) is 6.20 Å². The molecule has 6 heteroatoms. The number of rotatable bonds is 2. The molecule has 1 unspecified atom stereocenters. The van der Waals surface area contributed by atoms with Gasteiger partial charge in [-0.05, 0) is 31.4 Å². The zero-order chi connectivity index (χ0) is 14.8. The van der Waals surface area contributed by atoms with Gasteiger partial charge in [0.05, 0.1) is 5.56 Å². The average molecular weight is 288 g/mol. The Morgan fingerprint density at radius 3 is 2.81 bits per heavy atom. The molecule has 0 saturated carbocycles. The van der Waals surface area contributed by atoms with Crippen LogP contribution in [0.3, 0.4) is 0 Å². The molecule has 2 N–H and O–H groups in total. The van der Waals surface area contributed by atoms with E-state index in [1.54, 1.807) is 12.1 Å². The molecule has 0 radical (unpaired) electrons. The molecule has 6 nitrogen and oxygen atoms in total. The highest BCUT2D eigenvalue weighted by Gasteiger charge is 2.32. The van der Waals surface area contributed by atoms with Crippen LogP contribution in [-0.4, -0.2) is 52.3 Å². The Morgan fingerprint density at radius 1 is 1.29 bits per heavy atom. The van der Waals surface area contributed by atoms with Crippen molar-refractivity contribution in [1.82, 2.24) is 14.8 Å². The molecule has 3 heterocycles. The first kappa shape index (κ1) is 13.9. The molecular formula is C15H20N4O2. The van der Waals surface area contributed by atoms with Crippen molar-refractivity contribution < 1.29 is 9.59 Å². The van der Waals surface area contributed by atoms with Gasteiger partial charge in [-0.25, -0.2) is 4.98 Å². The highest BCUT2D eigenvalue weighted by atomic mass is 16.2. The summed E-state index contributed by atoms with van der Waals surface area (Å²) in [5.41, 5.74) is 6.10. The fourth-order valence-corrected chi connectivity index (χ4v) is 3.16. The minimum atomic E-state index is -0.0288. The zero-order valence-electron chi connectivity index (χ0n) is 12.0. The van der Waals surface area contributed by atoms with Gasteiger partial charge < -0.3 is 15.5 Å². The molecule has 0 aliphatic carbocycles. The van der Waals surface area contributed by atoms with Crippen molar-refractivity contribution in [2.24, 2.45) is 0 Å². The summed E-state index contributed by atoms with van der Waals surface area (Å²) in [5, 5.41) is 0. The summed E-state index contributed by atoms with van der Waals surface area (Å²) < 4.78 is 0. The first-order valence-corrected chi connectivity index (χ1v) is 7.45. The van der Waals surface area contributed by atoms with Crippen molar-refractivity contribution in [3.8, 4) is 0 Å². The highest BCUT2D eigenvalue weighted by molar-refractivity contribution is 5.94. The lowest BCUT2D eigenvalue weighted by Gasteiger charge is -2.37. The zero-order valence-corrected chi connectivity index (χ0v) is 12.0. The summed E-state index contributed by atoms with van der Waals surface area (Å²) in [6.07, 6.45) is 5.01. The van der Waals surface area contributed by atoms with Gasteiger partial charge in [-0.2, -0.15) is 0 Å². The number of amides is 2. The number of pyridine rings is 1. The second-order valence-corrected chi connectivity index (χ2v) is 5.71. The lowest BCUT2D eigenvalue weighted by Crippen LogP contribution is -2.50. The maximum atomic E-state index is 12.5. The monoisotopic (exact) mass is 288 g/mol. The number of nitrogens with two attached hydrogens (primary N) is 1. The molecule has 1 atom stereocenters. The number of hydrogen-bond donors (Lipinski definition) is 1. The second kappa shape index (κ2) is 5.71. The van der Waals surface area contributed by atoms with Crippen LogP contribution in [0, 0.1) is 0 Å². The Kier molecular flexibility index (Phi) is 3.77. The SMILES string of the molecule is Nc1ccc(C(=O)N2CCCC(N3CCCC3=O)C2)cn1. The van der Waals surface area contributed by atoms with E-state index < -0.39 is 0 Å². The van der Waals surface area contributed by atoms with Crippen molar-refractivity contribution in [1.29, 1.82) is 0 Å². The number of anilines is 1. The Morgan fingerprint density at radius 2 is 2.14 bits per heavy atom. The summed E-state index contributed by atoms with van der Waals surface area (Å²) in [6.45, 7) is 2.19. The minimum Gasteiger partial charge on any atom is -0.384 e. The summed E-state index contributed by atoms with van der Waals surface area (Å²) in [4.78, 5) is 32.1.